The number of aliphatic carboxylic acids is 1. The van der Waals surface area contributed by atoms with Crippen molar-refractivity contribution >= 4 is 65.9 Å². The molecule has 0 aromatic carbocycles. The van der Waals surface area contributed by atoms with Crippen LogP contribution in [0.25, 0.3) is 0 Å². The summed E-state index contributed by atoms with van der Waals surface area (Å²) in [7, 11) is 0. The van der Waals surface area contributed by atoms with Gasteiger partial charge >= 0.3 is 12.1 Å². The van der Waals surface area contributed by atoms with Crippen molar-refractivity contribution in [2.24, 2.45) is 28.9 Å². The summed E-state index contributed by atoms with van der Waals surface area (Å²) in [6, 6.07) is -5.91. The van der Waals surface area contributed by atoms with E-state index in [4.69, 9.17) is 32.8 Å². The number of carboxylic acid groups (broad SMARTS) is 1. The first-order chi connectivity index (χ1) is 23.0. The number of nitrogens with one attached hydrogen (secondary N) is 4. The number of thiol groups is 1. The van der Waals surface area contributed by atoms with E-state index >= 15 is 0 Å². The maximum absolute atomic E-state index is 13.4. The van der Waals surface area contributed by atoms with Crippen LogP contribution in [0, 0.1) is 5.92 Å². The van der Waals surface area contributed by atoms with E-state index in [9.17, 15) is 51.5 Å². The SMILES string of the molecule is CC(C)C[C@H](NC(=O)[C@@H]1CCCN1C(=O)[C@H](CS)NC(=O)[C@H](CC(N)=O)NC(=O)[C@@H](N)CCC(N)=O)C(=O)NCC(N)=O.O=C(O)C(F)(F)F. The molecule has 1 fully saturated rings. The predicted octanol–water partition coefficient (Wildman–Crippen LogP) is -3.89. The van der Waals surface area contributed by atoms with Gasteiger partial charge in [0.05, 0.1) is 19.0 Å². The van der Waals surface area contributed by atoms with Gasteiger partial charge in [0.15, 0.2) is 0 Å². The highest BCUT2D eigenvalue weighted by Gasteiger charge is 2.40. The summed E-state index contributed by atoms with van der Waals surface area (Å²) in [6.45, 7) is 3.45. The number of carboxylic acids is 1. The van der Waals surface area contributed by atoms with Crippen molar-refractivity contribution in [3.8, 4) is 0 Å². The maximum atomic E-state index is 13.4. The second-order valence-corrected chi connectivity index (χ2v) is 11.8. The van der Waals surface area contributed by atoms with Crippen molar-refractivity contribution in [2.45, 2.75) is 88.8 Å². The summed E-state index contributed by atoms with van der Waals surface area (Å²) >= 11 is 4.15. The molecule has 1 rings (SSSR count). The summed E-state index contributed by atoms with van der Waals surface area (Å²) in [5.74, 6) is -8.93. The number of hydrogen-bond acceptors (Lipinski definition) is 11. The molecule has 8 amide bonds. The zero-order valence-corrected chi connectivity index (χ0v) is 28.2. The number of amides is 8. The topological polar surface area (TPSA) is 329 Å². The van der Waals surface area contributed by atoms with Gasteiger partial charge in [-0.25, -0.2) is 4.79 Å². The third-order valence-electron chi connectivity index (χ3n) is 6.73. The molecule has 23 heteroatoms. The highest BCUT2D eigenvalue weighted by Crippen LogP contribution is 2.20. The summed E-state index contributed by atoms with van der Waals surface area (Å²) in [4.78, 5) is 108. The molecule has 1 aliphatic rings. The highest BCUT2D eigenvalue weighted by atomic mass is 32.1. The summed E-state index contributed by atoms with van der Waals surface area (Å²) < 4.78 is 31.7. The first-order valence-corrected chi connectivity index (χ1v) is 15.7. The molecule has 5 atom stereocenters. The van der Waals surface area contributed by atoms with Gasteiger partial charge in [0.25, 0.3) is 0 Å². The molecular formula is C27H44F3N9O10S. The molecule has 1 aliphatic heterocycles. The number of halogens is 3. The van der Waals surface area contributed by atoms with Gasteiger partial charge in [-0.05, 0) is 31.6 Å². The van der Waals surface area contributed by atoms with E-state index in [1.165, 1.54) is 4.90 Å². The third kappa shape index (κ3) is 17.1. The van der Waals surface area contributed by atoms with Crippen LogP contribution in [0.2, 0.25) is 0 Å². The van der Waals surface area contributed by atoms with E-state index in [2.05, 4.69) is 33.9 Å². The van der Waals surface area contributed by atoms with Gasteiger partial charge in [0.1, 0.15) is 24.2 Å². The number of hydrogen-bond donors (Lipinski definition) is 10. The van der Waals surface area contributed by atoms with E-state index in [0.717, 1.165) is 0 Å². The maximum Gasteiger partial charge on any atom is 0.490 e. The molecule has 284 valence electrons. The van der Waals surface area contributed by atoms with Gasteiger partial charge in [-0.2, -0.15) is 25.8 Å². The molecule has 0 saturated carbocycles. The molecule has 0 unspecified atom stereocenters. The fourth-order valence-corrected chi connectivity index (χ4v) is 4.59. The zero-order valence-electron chi connectivity index (χ0n) is 27.3. The monoisotopic (exact) mass is 743 g/mol. The fourth-order valence-electron chi connectivity index (χ4n) is 4.35. The molecule has 0 radical (unpaired) electrons. The molecule has 1 saturated heterocycles. The number of carbonyl (C=O) groups excluding carboxylic acids is 8. The molecule has 50 heavy (non-hydrogen) atoms. The molecule has 0 aliphatic carbocycles. The van der Waals surface area contributed by atoms with Crippen molar-refractivity contribution in [3.63, 3.8) is 0 Å². The van der Waals surface area contributed by atoms with Crippen LogP contribution in [-0.4, -0.2) is 118 Å². The fraction of sp³-hybridized carbons (Fsp3) is 0.667. The standard InChI is InChI=1S/C25H43N9O8S.C2HF3O2/c1-12(2)8-14(22(39)30-10-20(29)37)32-24(41)17-4-3-7-34(17)25(42)16(11-43)33-23(40)15(9-19(28)36)31-21(38)13(26)5-6-18(27)35;3-2(4,5)1(6)7/h12-17,43H,3-11,26H2,1-2H3,(H2,27,35)(H2,28,36)(H2,29,37)(H,30,39)(H,31,38)(H,32,41)(H,33,40);(H,6,7)/t13-,14-,15-,16-,17-;/m0./s1. The Hall–Kier alpha value is -4.67. The van der Waals surface area contributed by atoms with Crippen LogP contribution in [0.4, 0.5) is 13.2 Å². The Morgan fingerprint density at radius 3 is 1.88 bits per heavy atom. The first kappa shape index (κ1) is 45.3. The van der Waals surface area contributed by atoms with Crippen molar-refractivity contribution in [1.29, 1.82) is 0 Å². The smallest absolute Gasteiger partial charge is 0.475 e. The van der Waals surface area contributed by atoms with Crippen molar-refractivity contribution in [1.82, 2.24) is 26.2 Å². The number of carbonyl (C=O) groups is 9. The second kappa shape index (κ2) is 21.4. The molecular weight excluding hydrogens is 699 g/mol. The van der Waals surface area contributed by atoms with Crippen LogP contribution >= 0.6 is 12.6 Å². The molecule has 0 aromatic heterocycles. The normalized spacial score (nSPS) is 16.4. The van der Waals surface area contributed by atoms with Crippen molar-refractivity contribution < 1.29 is 61.4 Å². The lowest BCUT2D eigenvalue weighted by Crippen LogP contribution is -2.59. The number of nitrogens with two attached hydrogens (primary N) is 4. The van der Waals surface area contributed by atoms with Crippen LogP contribution in [0.1, 0.15) is 52.4 Å². The van der Waals surface area contributed by atoms with Crippen molar-refractivity contribution in [2.75, 3.05) is 18.8 Å². The minimum atomic E-state index is -5.08. The van der Waals surface area contributed by atoms with E-state index in [1.54, 1.807) is 0 Å². The average molecular weight is 744 g/mol. The summed E-state index contributed by atoms with van der Waals surface area (Å²) in [5.41, 5.74) is 21.1. The largest absolute Gasteiger partial charge is 0.490 e. The Kier molecular flexibility index (Phi) is 19.4. The van der Waals surface area contributed by atoms with Crippen LogP contribution in [0.5, 0.6) is 0 Å². The third-order valence-corrected chi connectivity index (χ3v) is 7.10. The number of likely N-dealkylation sites (tertiary alicyclic amines) is 1. The summed E-state index contributed by atoms with van der Waals surface area (Å²) in [6.07, 6.45) is -4.98. The zero-order chi connectivity index (χ0) is 38.9. The Morgan fingerprint density at radius 1 is 0.860 bits per heavy atom. The van der Waals surface area contributed by atoms with Crippen molar-refractivity contribution in [3.05, 3.63) is 0 Å². The lowest BCUT2D eigenvalue weighted by Gasteiger charge is -2.30. The van der Waals surface area contributed by atoms with E-state index in [1.807, 2.05) is 13.8 Å². The Bertz CT molecular complexity index is 1270. The molecule has 1 heterocycles. The van der Waals surface area contributed by atoms with Gasteiger partial charge in [-0.3, -0.25) is 38.4 Å². The van der Waals surface area contributed by atoms with E-state index in [-0.39, 0.29) is 43.9 Å². The summed E-state index contributed by atoms with van der Waals surface area (Å²) in [5, 5.41) is 16.9. The number of alkyl halides is 3. The number of nitrogens with zero attached hydrogens (tertiary/aromatic N) is 1. The van der Waals surface area contributed by atoms with Gasteiger partial charge < -0.3 is 54.2 Å². The Morgan fingerprint density at radius 2 is 1.42 bits per heavy atom. The minimum Gasteiger partial charge on any atom is -0.475 e. The highest BCUT2D eigenvalue weighted by molar-refractivity contribution is 7.80. The second-order valence-electron chi connectivity index (χ2n) is 11.5. The molecule has 19 nitrogen and oxygen atoms in total. The van der Waals surface area contributed by atoms with Gasteiger partial charge in [0, 0.05) is 18.7 Å². The molecule has 13 N–H and O–H groups in total. The van der Waals surface area contributed by atoms with E-state index < -0.39 is 103 Å². The van der Waals surface area contributed by atoms with Crippen LogP contribution in [0.15, 0.2) is 0 Å². The molecule has 0 spiro atoms. The Balaban J connectivity index is 0.00000308. The predicted molar refractivity (Wildman–Crippen MR) is 170 cm³/mol. The van der Waals surface area contributed by atoms with Crippen LogP contribution in [-0.2, 0) is 43.2 Å². The molecule has 0 bridgehead atoms. The molecule has 0 aromatic rings. The number of primary amides is 3. The van der Waals surface area contributed by atoms with E-state index in [0.29, 0.717) is 6.42 Å². The van der Waals surface area contributed by atoms with Crippen LogP contribution in [0.3, 0.4) is 0 Å². The van der Waals surface area contributed by atoms with Gasteiger partial charge in [-0.15, -0.1) is 0 Å². The first-order valence-electron chi connectivity index (χ1n) is 15.0. The Labute approximate surface area is 289 Å². The average Bonchev–Trinajstić information content (AvgIpc) is 3.49. The van der Waals surface area contributed by atoms with Gasteiger partial charge in [0.2, 0.25) is 47.3 Å². The van der Waals surface area contributed by atoms with Gasteiger partial charge in [-0.1, -0.05) is 13.8 Å². The van der Waals surface area contributed by atoms with Crippen LogP contribution < -0.4 is 44.2 Å². The quantitative estimate of drug-likeness (QED) is 0.0605. The minimum absolute atomic E-state index is 0.00117. The number of rotatable bonds is 18. The lowest BCUT2D eigenvalue weighted by molar-refractivity contribution is -0.192. The lowest BCUT2D eigenvalue weighted by atomic mass is 10.0.